The lowest BCUT2D eigenvalue weighted by atomic mass is 9.99. The van der Waals surface area contributed by atoms with Crippen LogP contribution in [0, 0.1) is 5.92 Å². The number of carbonyl (C=O) groups excluding carboxylic acids is 2. The first kappa shape index (κ1) is 13.0. The highest BCUT2D eigenvalue weighted by molar-refractivity contribution is 5.85. The van der Waals surface area contributed by atoms with Crippen LogP contribution in [0.3, 0.4) is 0 Å². The van der Waals surface area contributed by atoms with Crippen LogP contribution in [-0.4, -0.2) is 38.0 Å². The van der Waals surface area contributed by atoms with Crippen LogP contribution in [0.2, 0.25) is 0 Å². The molecule has 1 saturated heterocycles. The Morgan fingerprint density at radius 1 is 1.38 bits per heavy atom. The molecular formula is C11H21N3O2. The van der Waals surface area contributed by atoms with Crippen molar-refractivity contribution < 1.29 is 9.59 Å². The van der Waals surface area contributed by atoms with E-state index in [1.54, 1.807) is 0 Å². The standard InChI is InChI=1S/C11H21N3O2/c1-2-5-13-10(15)8-14-11(16)9-4-3-6-12-7-9/h9,12H,2-8H2,1H3,(H,13,15)(H,14,16)/t9-/m0/s1. The second-order valence-electron chi connectivity index (χ2n) is 4.11. The molecule has 0 radical (unpaired) electrons. The summed E-state index contributed by atoms with van der Waals surface area (Å²) in [6, 6.07) is 0. The molecular weight excluding hydrogens is 206 g/mol. The summed E-state index contributed by atoms with van der Waals surface area (Å²) in [5.74, 6) is -0.106. The largest absolute Gasteiger partial charge is 0.355 e. The van der Waals surface area contributed by atoms with Crippen molar-refractivity contribution in [3.05, 3.63) is 0 Å². The fraction of sp³-hybridized carbons (Fsp3) is 0.818. The maximum atomic E-state index is 11.6. The van der Waals surface area contributed by atoms with E-state index in [-0.39, 0.29) is 24.3 Å². The molecule has 0 aliphatic carbocycles. The second kappa shape index (κ2) is 7.22. The van der Waals surface area contributed by atoms with E-state index in [1.165, 1.54) is 0 Å². The van der Waals surface area contributed by atoms with Gasteiger partial charge in [0.2, 0.25) is 11.8 Å². The van der Waals surface area contributed by atoms with Crippen LogP contribution >= 0.6 is 0 Å². The first-order valence-electron chi connectivity index (χ1n) is 5.99. The summed E-state index contributed by atoms with van der Waals surface area (Å²) in [6.07, 6.45) is 2.85. The Morgan fingerprint density at radius 2 is 2.19 bits per heavy atom. The quantitative estimate of drug-likeness (QED) is 0.600. The Balaban J connectivity index is 2.15. The Kier molecular flexibility index (Phi) is 5.85. The monoisotopic (exact) mass is 227 g/mol. The van der Waals surface area contributed by atoms with Gasteiger partial charge in [0.15, 0.2) is 0 Å². The highest BCUT2D eigenvalue weighted by Crippen LogP contribution is 2.09. The molecule has 0 saturated carbocycles. The number of nitrogens with one attached hydrogen (secondary N) is 3. The van der Waals surface area contributed by atoms with Gasteiger partial charge in [0.25, 0.3) is 0 Å². The minimum absolute atomic E-state index is 0.0150. The molecule has 5 heteroatoms. The summed E-state index contributed by atoms with van der Waals surface area (Å²) < 4.78 is 0. The average Bonchev–Trinajstić information content (AvgIpc) is 2.34. The third-order valence-electron chi connectivity index (χ3n) is 2.66. The molecule has 92 valence electrons. The Labute approximate surface area is 96.4 Å². The van der Waals surface area contributed by atoms with Crippen LogP contribution in [0.25, 0.3) is 0 Å². The van der Waals surface area contributed by atoms with E-state index in [1.807, 2.05) is 6.92 Å². The summed E-state index contributed by atoms with van der Waals surface area (Å²) in [7, 11) is 0. The van der Waals surface area contributed by atoms with E-state index >= 15 is 0 Å². The van der Waals surface area contributed by atoms with Gasteiger partial charge in [-0.05, 0) is 25.8 Å². The third-order valence-corrected chi connectivity index (χ3v) is 2.66. The molecule has 0 unspecified atom stereocenters. The predicted molar refractivity (Wildman–Crippen MR) is 61.9 cm³/mol. The van der Waals surface area contributed by atoms with Crippen molar-refractivity contribution in [2.45, 2.75) is 26.2 Å². The van der Waals surface area contributed by atoms with Crippen molar-refractivity contribution >= 4 is 11.8 Å². The zero-order chi connectivity index (χ0) is 11.8. The number of rotatable bonds is 5. The lowest BCUT2D eigenvalue weighted by Crippen LogP contribution is -2.44. The van der Waals surface area contributed by atoms with E-state index in [4.69, 9.17) is 0 Å². The third kappa shape index (κ3) is 4.61. The molecule has 0 aromatic heterocycles. The molecule has 1 aliphatic heterocycles. The Morgan fingerprint density at radius 3 is 2.81 bits per heavy atom. The molecule has 1 rings (SSSR count). The number of carbonyl (C=O) groups is 2. The zero-order valence-electron chi connectivity index (χ0n) is 9.84. The molecule has 1 aliphatic rings. The smallest absolute Gasteiger partial charge is 0.239 e. The van der Waals surface area contributed by atoms with Gasteiger partial charge in [-0.3, -0.25) is 9.59 Å². The van der Waals surface area contributed by atoms with E-state index < -0.39 is 0 Å². The molecule has 1 fully saturated rings. The van der Waals surface area contributed by atoms with Gasteiger partial charge in [-0.1, -0.05) is 6.92 Å². The summed E-state index contributed by atoms with van der Waals surface area (Å²) >= 11 is 0. The van der Waals surface area contributed by atoms with Crippen molar-refractivity contribution in [3.8, 4) is 0 Å². The molecule has 2 amide bonds. The zero-order valence-corrected chi connectivity index (χ0v) is 9.84. The summed E-state index contributed by atoms with van der Waals surface area (Å²) in [6.45, 7) is 4.46. The van der Waals surface area contributed by atoms with Crippen molar-refractivity contribution in [1.29, 1.82) is 0 Å². The molecule has 1 heterocycles. The van der Waals surface area contributed by atoms with Crippen LogP contribution < -0.4 is 16.0 Å². The van der Waals surface area contributed by atoms with E-state index in [0.717, 1.165) is 32.4 Å². The SMILES string of the molecule is CCCNC(=O)CNC(=O)[C@H]1CCCNC1. The molecule has 0 bridgehead atoms. The average molecular weight is 227 g/mol. The number of piperidine rings is 1. The summed E-state index contributed by atoms with van der Waals surface area (Å²) in [5.41, 5.74) is 0. The van der Waals surface area contributed by atoms with Gasteiger partial charge in [-0.25, -0.2) is 0 Å². The van der Waals surface area contributed by atoms with Crippen molar-refractivity contribution in [3.63, 3.8) is 0 Å². The van der Waals surface area contributed by atoms with Gasteiger partial charge < -0.3 is 16.0 Å². The fourth-order valence-electron chi connectivity index (χ4n) is 1.71. The molecule has 0 spiro atoms. The molecule has 0 aromatic rings. The molecule has 1 atom stereocenters. The van der Waals surface area contributed by atoms with Gasteiger partial charge in [-0.2, -0.15) is 0 Å². The van der Waals surface area contributed by atoms with Crippen LogP contribution in [0.5, 0.6) is 0 Å². The molecule has 0 aromatic carbocycles. The topological polar surface area (TPSA) is 70.2 Å². The second-order valence-corrected chi connectivity index (χ2v) is 4.11. The maximum Gasteiger partial charge on any atom is 0.239 e. The van der Waals surface area contributed by atoms with E-state index in [2.05, 4.69) is 16.0 Å². The van der Waals surface area contributed by atoms with E-state index in [9.17, 15) is 9.59 Å². The lowest BCUT2D eigenvalue weighted by Gasteiger charge is -2.21. The fourth-order valence-corrected chi connectivity index (χ4v) is 1.71. The van der Waals surface area contributed by atoms with Crippen LogP contribution in [0.15, 0.2) is 0 Å². The summed E-state index contributed by atoms with van der Waals surface area (Å²) in [5, 5.41) is 8.57. The molecule has 3 N–H and O–H groups in total. The minimum atomic E-state index is -0.112. The highest BCUT2D eigenvalue weighted by atomic mass is 16.2. The van der Waals surface area contributed by atoms with Crippen molar-refractivity contribution in [2.75, 3.05) is 26.2 Å². The molecule has 16 heavy (non-hydrogen) atoms. The van der Waals surface area contributed by atoms with Crippen molar-refractivity contribution in [1.82, 2.24) is 16.0 Å². The van der Waals surface area contributed by atoms with Gasteiger partial charge in [0.1, 0.15) is 0 Å². The molecule has 5 nitrogen and oxygen atoms in total. The van der Waals surface area contributed by atoms with E-state index in [0.29, 0.717) is 6.54 Å². The van der Waals surface area contributed by atoms with Crippen LogP contribution in [0.1, 0.15) is 26.2 Å². The lowest BCUT2D eigenvalue weighted by molar-refractivity contribution is -0.128. The minimum Gasteiger partial charge on any atom is -0.355 e. The van der Waals surface area contributed by atoms with Gasteiger partial charge in [-0.15, -0.1) is 0 Å². The number of amides is 2. The normalized spacial score (nSPS) is 20.2. The van der Waals surface area contributed by atoms with Crippen LogP contribution in [-0.2, 0) is 9.59 Å². The number of hydrogen-bond acceptors (Lipinski definition) is 3. The van der Waals surface area contributed by atoms with Gasteiger partial charge in [0.05, 0.1) is 12.5 Å². The first-order chi connectivity index (χ1) is 7.74. The van der Waals surface area contributed by atoms with Crippen LogP contribution in [0.4, 0.5) is 0 Å². The Hall–Kier alpha value is -1.10. The highest BCUT2D eigenvalue weighted by Gasteiger charge is 2.20. The van der Waals surface area contributed by atoms with Gasteiger partial charge >= 0.3 is 0 Å². The van der Waals surface area contributed by atoms with Gasteiger partial charge in [0, 0.05) is 13.1 Å². The number of hydrogen-bond donors (Lipinski definition) is 3. The van der Waals surface area contributed by atoms with Crippen molar-refractivity contribution in [2.24, 2.45) is 5.92 Å². The maximum absolute atomic E-state index is 11.6. The first-order valence-corrected chi connectivity index (χ1v) is 5.99. The Bertz CT molecular complexity index is 237. The summed E-state index contributed by atoms with van der Waals surface area (Å²) in [4.78, 5) is 22.9. The predicted octanol–water partition coefficient (Wildman–Crippen LogP) is -0.372.